The lowest BCUT2D eigenvalue weighted by Crippen LogP contribution is -3.00. The Bertz CT molecular complexity index is 166. The van der Waals surface area contributed by atoms with E-state index in [2.05, 4.69) is 18.3 Å². The van der Waals surface area contributed by atoms with Crippen molar-refractivity contribution in [3.8, 4) is 0 Å². The van der Waals surface area contributed by atoms with E-state index in [1.54, 1.807) is 6.20 Å². The highest BCUT2D eigenvalue weighted by Crippen LogP contribution is 2.06. The summed E-state index contributed by atoms with van der Waals surface area (Å²) >= 11 is 0. The summed E-state index contributed by atoms with van der Waals surface area (Å²) in [6.07, 6.45) is 14.8. The van der Waals surface area contributed by atoms with E-state index in [-0.39, 0.29) is 12.4 Å². The van der Waals surface area contributed by atoms with E-state index in [0.29, 0.717) is 0 Å². The largest absolute Gasteiger partial charge is 1.00 e. The number of unbranched alkanes of at least 4 members (excludes halogenated alkanes) is 5. The molecule has 0 aromatic carbocycles. The maximum atomic E-state index is 3.89. The van der Waals surface area contributed by atoms with Crippen LogP contribution in [-0.4, -0.2) is 17.8 Å². The predicted octanol–water partition coefficient (Wildman–Crippen LogP) is 0.0430. The second-order valence-corrected chi connectivity index (χ2v) is 3.49. The molecule has 0 aromatic heterocycles. The van der Waals surface area contributed by atoms with Crippen LogP contribution in [0.5, 0.6) is 0 Å². The minimum Gasteiger partial charge on any atom is -1.00 e. The summed E-state index contributed by atoms with van der Waals surface area (Å²) in [6, 6.07) is 0. The summed E-state index contributed by atoms with van der Waals surface area (Å²) in [4.78, 5) is 5.92. The van der Waals surface area contributed by atoms with Crippen LogP contribution < -0.4 is 12.4 Å². The zero-order valence-corrected chi connectivity index (χ0v) is 9.63. The molecule has 0 bridgehead atoms. The lowest BCUT2D eigenvalue weighted by atomic mass is 10.1. The molecule has 0 spiro atoms. The van der Waals surface area contributed by atoms with Gasteiger partial charge in [-0.3, -0.25) is 0 Å². The Labute approximate surface area is 93.5 Å². The molecule has 1 aliphatic rings. The molecule has 0 radical (unpaired) electrons. The summed E-state index contributed by atoms with van der Waals surface area (Å²) in [7, 11) is 0. The van der Waals surface area contributed by atoms with Crippen LogP contribution in [0.1, 0.15) is 45.4 Å². The van der Waals surface area contributed by atoms with Gasteiger partial charge in [0.1, 0.15) is 0 Å². The van der Waals surface area contributed by atoms with Gasteiger partial charge in [-0.15, -0.1) is 0 Å². The summed E-state index contributed by atoms with van der Waals surface area (Å²) < 4.78 is 0. The molecule has 14 heavy (non-hydrogen) atoms. The van der Waals surface area contributed by atoms with Crippen LogP contribution in [-0.2, 0) is 0 Å². The van der Waals surface area contributed by atoms with Gasteiger partial charge in [0.05, 0.1) is 6.54 Å². The molecule has 0 aliphatic carbocycles. The second-order valence-electron chi connectivity index (χ2n) is 3.49. The van der Waals surface area contributed by atoms with Crippen molar-refractivity contribution in [2.45, 2.75) is 45.4 Å². The Hall–Kier alpha value is -0.590. The van der Waals surface area contributed by atoms with Gasteiger partial charge in [0, 0.05) is 0 Å². The Morgan fingerprint density at radius 3 is 2.50 bits per heavy atom. The Morgan fingerprint density at radius 1 is 1.14 bits per heavy atom. The van der Waals surface area contributed by atoms with Crippen molar-refractivity contribution < 1.29 is 12.4 Å². The fourth-order valence-electron chi connectivity index (χ4n) is 1.44. The first-order chi connectivity index (χ1) is 6.43. The second kappa shape index (κ2) is 8.98. The molecule has 1 heterocycles. The lowest BCUT2D eigenvalue weighted by molar-refractivity contribution is -0.00000285. The SMILES string of the molecule is CCCCCCCCN1[C+]=NC=C1.[Cl-]. The molecule has 0 N–H and O–H groups in total. The van der Waals surface area contributed by atoms with Crippen molar-refractivity contribution in [2.75, 3.05) is 6.54 Å². The van der Waals surface area contributed by atoms with Crippen molar-refractivity contribution in [1.29, 1.82) is 0 Å². The number of rotatable bonds is 7. The molecule has 0 aromatic rings. The van der Waals surface area contributed by atoms with Crippen molar-refractivity contribution in [3.05, 3.63) is 12.4 Å². The van der Waals surface area contributed by atoms with Gasteiger partial charge in [-0.2, -0.15) is 4.90 Å². The third-order valence-corrected chi connectivity index (χ3v) is 2.26. The highest BCUT2D eigenvalue weighted by Gasteiger charge is 2.08. The third kappa shape index (κ3) is 5.95. The van der Waals surface area contributed by atoms with Crippen molar-refractivity contribution in [1.82, 2.24) is 4.90 Å². The lowest BCUT2D eigenvalue weighted by Gasteiger charge is -2.02. The van der Waals surface area contributed by atoms with Gasteiger partial charge in [0.15, 0.2) is 6.20 Å². The highest BCUT2D eigenvalue weighted by molar-refractivity contribution is 5.59. The normalized spacial score (nSPS) is 12.8. The first kappa shape index (κ1) is 13.4. The van der Waals surface area contributed by atoms with E-state index in [4.69, 9.17) is 0 Å². The number of hydrogen-bond donors (Lipinski definition) is 0. The molecule has 1 rings (SSSR count). The summed E-state index contributed by atoms with van der Waals surface area (Å²) in [5.41, 5.74) is 0. The zero-order chi connectivity index (χ0) is 9.36. The maximum absolute atomic E-state index is 3.89. The molecule has 1 aliphatic heterocycles. The van der Waals surface area contributed by atoms with Gasteiger partial charge < -0.3 is 12.4 Å². The number of nitrogens with zero attached hydrogens (tertiary/aromatic N) is 2. The van der Waals surface area contributed by atoms with E-state index < -0.39 is 0 Å². The van der Waals surface area contributed by atoms with Crippen LogP contribution in [0, 0.1) is 0 Å². The predicted molar refractivity (Wildman–Crippen MR) is 56.7 cm³/mol. The van der Waals surface area contributed by atoms with Gasteiger partial charge in [-0.25, -0.2) is 0 Å². The van der Waals surface area contributed by atoms with Crippen LogP contribution in [0.3, 0.4) is 0 Å². The number of hydrogen-bond acceptors (Lipinski definition) is 2. The van der Waals surface area contributed by atoms with E-state index in [9.17, 15) is 0 Å². The van der Waals surface area contributed by atoms with Crippen LogP contribution in [0.4, 0.5) is 0 Å². The van der Waals surface area contributed by atoms with Crippen molar-refractivity contribution >= 4 is 6.34 Å². The van der Waals surface area contributed by atoms with Gasteiger partial charge in [0.25, 0.3) is 6.34 Å². The molecule has 2 nitrogen and oxygen atoms in total. The Kier molecular flexibility index (Phi) is 8.61. The molecule has 0 saturated carbocycles. The van der Waals surface area contributed by atoms with E-state index >= 15 is 0 Å². The summed E-state index contributed by atoms with van der Waals surface area (Å²) in [5, 5.41) is 0. The average molecular weight is 215 g/mol. The fraction of sp³-hybridized carbons (Fsp3) is 0.727. The molecule has 0 amide bonds. The smallest absolute Gasteiger partial charge is 0.255 e. The monoisotopic (exact) mass is 214 g/mol. The first-order valence-corrected chi connectivity index (χ1v) is 5.32. The molecule has 0 fully saturated rings. The van der Waals surface area contributed by atoms with Crippen LogP contribution in [0.2, 0.25) is 0 Å². The molecule has 0 atom stereocenters. The van der Waals surface area contributed by atoms with E-state index in [0.717, 1.165) is 6.54 Å². The molecular weight excluding hydrogens is 196 g/mol. The minimum absolute atomic E-state index is 0. The summed E-state index contributed by atoms with van der Waals surface area (Å²) in [6.45, 7) is 3.33. The highest BCUT2D eigenvalue weighted by atomic mass is 35.5. The number of halogens is 1. The molecule has 3 heteroatoms. The fourth-order valence-corrected chi connectivity index (χ4v) is 1.44. The summed E-state index contributed by atoms with van der Waals surface area (Å²) in [5.74, 6) is 0. The molecule has 0 saturated heterocycles. The zero-order valence-electron chi connectivity index (χ0n) is 8.88. The van der Waals surface area contributed by atoms with Crippen molar-refractivity contribution in [2.24, 2.45) is 4.99 Å². The topological polar surface area (TPSA) is 15.6 Å². The first-order valence-electron chi connectivity index (χ1n) is 5.32. The third-order valence-electron chi connectivity index (χ3n) is 2.26. The van der Waals surface area contributed by atoms with Gasteiger partial charge >= 0.3 is 0 Å². The van der Waals surface area contributed by atoms with Gasteiger partial charge in [-0.1, -0.05) is 39.0 Å². The van der Waals surface area contributed by atoms with Gasteiger partial charge in [0.2, 0.25) is 6.20 Å². The molecule has 80 valence electrons. The van der Waals surface area contributed by atoms with E-state index in [1.807, 2.05) is 11.1 Å². The number of aliphatic imine (C=N–C) groups is 1. The van der Waals surface area contributed by atoms with Gasteiger partial charge in [-0.05, 0) is 11.4 Å². The molecule has 0 unspecified atom stereocenters. The quantitative estimate of drug-likeness (QED) is 0.432. The Balaban J connectivity index is 0.00000169. The van der Waals surface area contributed by atoms with Crippen LogP contribution in [0.25, 0.3) is 0 Å². The minimum atomic E-state index is 0. The average Bonchev–Trinajstić information content (AvgIpc) is 2.63. The van der Waals surface area contributed by atoms with Crippen molar-refractivity contribution in [3.63, 3.8) is 0 Å². The maximum Gasteiger partial charge on any atom is 0.255 e. The standard InChI is InChI=1S/C11H19N2.ClH/c1-2-3-4-5-6-7-9-13-10-8-12-11-13;/h8,10H,2-7,9H2,1H3;1H/q+1;/p-1. The Morgan fingerprint density at radius 2 is 1.86 bits per heavy atom. The van der Waals surface area contributed by atoms with Crippen LogP contribution in [0.15, 0.2) is 17.4 Å². The van der Waals surface area contributed by atoms with Crippen LogP contribution >= 0.6 is 0 Å². The molecular formula is C11H19ClN2. The van der Waals surface area contributed by atoms with E-state index in [1.165, 1.54) is 38.5 Å².